The summed E-state index contributed by atoms with van der Waals surface area (Å²) in [7, 11) is 0. The molecule has 0 fully saturated rings. The van der Waals surface area contributed by atoms with Crippen molar-refractivity contribution in [1.29, 1.82) is 0 Å². The van der Waals surface area contributed by atoms with Crippen LogP contribution in [0, 0.1) is 11.3 Å². The van der Waals surface area contributed by atoms with E-state index in [4.69, 9.17) is 4.74 Å². The van der Waals surface area contributed by atoms with E-state index in [0.717, 1.165) is 5.56 Å². The van der Waals surface area contributed by atoms with Gasteiger partial charge in [0.25, 0.3) is 0 Å². The lowest BCUT2D eigenvalue weighted by Crippen LogP contribution is -2.49. The first kappa shape index (κ1) is 25.6. The minimum Gasteiger partial charge on any atom is -0.463 e. The van der Waals surface area contributed by atoms with E-state index >= 15 is 0 Å². The van der Waals surface area contributed by atoms with Gasteiger partial charge in [-0.2, -0.15) is 0 Å². The molecule has 0 aromatic heterocycles. The number of carbonyl (C=O) groups excluding carboxylic acids is 3. The number of ether oxygens (including phenoxy) is 1. The van der Waals surface area contributed by atoms with E-state index < -0.39 is 5.92 Å². The molecule has 176 valence electrons. The number of carbonyl (C=O) groups is 3. The molecule has 0 saturated heterocycles. The van der Waals surface area contributed by atoms with Gasteiger partial charge >= 0.3 is 5.97 Å². The van der Waals surface area contributed by atoms with Crippen LogP contribution >= 0.6 is 0 Å². The van der Waals surface area contributed by atoms with E-state index in [1.54, 1.807) is 4.90 Å². The number of rotatable bonds is 6. The zero-order valence-corrected chi connectivity index (χ0v) is 19.4. The highest BCUT2D eigenvalue weighted by atomic mass is 16.5. The van der Waals surface area contributed by atoms with Gasteiger partial charge in [-0.25, -0.2) is 0 Å². The number of hydrogen-bond donors (Lipinski definition) is 2. The Labute approximate surface area is 190 Å². The van der Waals surface area contributed by atoms with Crippen LogP contribution in [-0.2, 0) is 25.7 Å². The second-order valence-corrected chi connectivity index (χ2v) is 9.28. The van der Waals surface area contributed by atoms with Crippen LogP contribution in [-0.4, -0.2) is 53.6 Å². The van der Waals surface area contributed by atoms with Gasteiger partial charge in [-0.1, -0.05) is 63.3 Å². The van der Waals surface area contributed by atoms with Gasteiger partial charge in [0.15, 0.2) is 0 Å². The van der Waals surface area contributed by atoms with Gasteiger partial charge < -0.3 is 20.1 Å². The minimum atomic E-state index is -0.546. The lowest BCUT2D eigenvalue weighted by molar-refractivity contribution is -0.146. The molecule has 0 aliphatic carbocycles. The quantitative estimate of drug-likeness (QED) is 0.520. The van der Waals surface area contributed by atoms with Crippen molar-refractivity contribution < 1.29 is 24.2 Å². The molecule has 32 heavy (non-hydrogen) atoms. The molecule has 1 aliphatic heterocycles. The van der Waals surface area contributed by atoms with Crippen LogP contribution in [0.5, 0.6) is 0 Å². The molecular weight excluding hydrogens is 408 g/mol. The van der Waals surface area contributed by atoms with Crippen LogP contribution in [0.4, 0.5) is 0 Å². The number of hydrogen-bond acceptors (Lipinski definition) is 5. The molecule has 7 heteroatoms. The molecule has 2 rings (SSSR count). The van der Waals surface area contributed by atoms with E-state index in [1.807, 2.05) is 63.3 Å². The molecule has 1 aromatic rings. The summed E-state index contributed by atoms with van der Waals surface area (Å²) in [5, 5.41) is 12.5. The number of cyclic esters (lactones) is 1. The van der Waals surface area contributed by atoms with Gasteiger partial charge in [-0.05, 0) is 23.8 Å². The molecular formula is C25H36N2O5. The van der Waals surface area contributed by atoms with Crippen LogP contribution in [0.2, 0.25) is 0 Å². The zero-order valence-electron chi connectivity index (χ0n) is 19.4. The van der Waals surface area contributed by atoms with Crippen LogP contribution < -0.4 is 5.32 Å². The number of aliphatic hydroxyl groups excluding tert-OH is 1. The van der Waals surface area contributed by atoms with Crippen LogP contribution in [0.15, 0.2) is 42.5 Å². The average molecular weight is 445 g/mol. The maximum absolute atomic E-state index is 13.1. The number of nitrogens with zero attached hydrogens (tertiary/aromatic N) is 1. The highest BCUT2D eigenvalue weighted by Gasteiger charge is 2.31. The first-order valence-electron chi connectivity index (χ1n) is 11.2. The molecule has 0 spiro atoms. The Morgan fingerprint density at radius 3 is 2.56 bits per heavy atom. The van der Waals surface area contributed by atoms with E-state index in [1.165, 1.54) is 0 Å². The molecule has 1 aromatic carbocycles. The number of aliphatic hydroxyl groups is 1. The normalized spacial score (nSPS) is 20.5. The predicted octanol–water partition coefficient (Wildman–Crippen LogP) is 2.83. The lowest BCUT2D eigenvalue weighted by atomic mass is 9.86. The summed E-state index contributed by atoms with van der Waals surface area (Å²) in [4.78, 5) is 39.7. The monoisotopic (exact) mass is 444 g/mol. The second-order valence-electron chi connectivity index (χ2n) is 9.28. The first-order chi connectivity index (χ1) is 15.2. The molecule has 0 bridgehead atoms. The SMILES string of the molecule is CC(C)(C)[C@H]1COC(=O)CCC=CC[C@H](CC(=O)N(CCO)Cc2ccccc2)C(=O)N1. The smallest absolute Gasteiger partial charge is 0.306 e. The van der Waals surface area contributed by atoms with Gasteiger partial charge in [-0.3, -0.25) is 14.4 Å². The van der Waals surface area contributed by atoms with E-state index in [0.29, 0.717) is 19.4 Å². The molecule has 1 aliphatic rings. The van der Waals surface area contributed by atoms with Crippen molar-refractivity contribution in [1.82, 2.24) is 10.2 Å². The van der Waals surface area contributed by atoms with Gasteiger partial charge in [0.1, 0.15) is 6.61 Å². The highest BCUT2D eigenvalue weighted by molar-refractivity contribution is 5.86. The Morgan fingerprint density at radius 2 is 1.91 bits per heavy atom. The Morgan fingerprint density at radius 1 is 1.19 bits per heavy atom. The summed E-state index contributed by atoms with van der Waals surface area (Å²) in [5.41, 5.74) is 0.646. The Balaban J connectivity index is 2.16. The fourth-order valence-corrected chi connectivity index (χ4v) is 3.47. The van der Waals surface area contributed by atoms with E-state index in [2.05, 4.69) is 5.32 Å². The van der Waals surface area contributed by atoms with Gasteiger partial charge in [-0.15, -0.1) is 0 Å². The molecule has 7 nitrogen and oxygen atoms in total. The van der Waals surface area contributed by atoms with Crippen molar-refractivity contribution in [2.45, 2.75) is 59.0 Å². The maximum atomic E-state index is 13.1. The highest BCUT2D eigenvalue weighted by Crippen LogP contribution is 2.22. The summed E-state index contributed by atoms with van der Waals surface area (Å²) >= 11 is 0. The van der Waals surface area contributed by atoms with Gasteiger partial charge in [0.2, 0.25) is 11.8 Å². The molecule has 0 unspecified atom stereocenters. The fourth-order valence-electron chi connectivity index (χ4n) is 3.47. The summed E-state index contributed by atoms with van der Waals surface area (Å²) in [6.07, 6.45) is 4.97. The van der Waals surface area contributed by atoms with E-state index in [-0.39, 0.29) is 61.8 Å². The Hall–Kier alpha value is -2.67. The fraction of sp³-hybridized carbons (Fsp3) is 0.560. The molecule has 2 atom stereocenters. The average Bonchev–Trinajstić information content (AvgIpc) is 2.74. The summed E-state index contributed by atoms with van der Waals surface area (Å²) < 4.78 is 5.36. The number of amides is 2. The van der Waals surface area contributed by atoms with Crippen LogP contribution in [0.3, 0.4) is 0 Å². The van der Waals surface area contributed by atoms with Gasteiger partial charge in [0, 0.05) is 25.9 Å². The van der Waals surface area contributed by atoms with Gasteiger partial charge in [0.05, 0.1) is 18.6 Å². The standard InChI is InChI=1S/C25H36N2O5/c1-25(2,3)21-18-32-23(30)13-9-5-8-12-20(24(31)26-21)16-22(29)27(14-15-28)17-19-10-6-4-7-11-19/h4-8,10-11,20-21,28H,9,12-18H2,1-3H3,(H,26,31)/t20-,21-/m1/s1. The topological polar surface area (TPSA) is 95.9 Å². The Bertz CT molecular complexity index is 785. The largest absolute Gasteiger partial charge is 0.463 e. The summed E-state index contributed by atoms with van der Waals surface area (Å²) in [6, 6.07) is 9.21. The zero-order chi connectivity index (χ0) is 23.6. The van der Waals surface area contributed by atoms with Crippen molar-refractivity contribution in [3.05, 3.63) is 48.0 Å². The van der Waals surface area contributed by atoms with Crippen molar-refractivity contribution in [2.24, 2.45) is 11.3 Å². The third kappa shape index (κ3) is 8.46. The Kier molecular flexibility index (Phi) is 9.91. The van der Waals surface area contributed by atoms with Crippen molar-refractivity contribution >= 4 is 17.8 Å². The number of allylic oxidation sites excluding steroid dienone is 2. The van der Waals surface area contributed by atoms with Crippen LogP contribution in [0.25, 0.3) is 0 Å². The van der Waals surface area contributed by atoms with Crippen molar-refractivity contribution in [2.75, 3.05) is 19.8 Å². The lowest BCUT2D eigenvalue weighted by Gasteiger charge is -2.32. The van der Waals surface area contributed by atoms with Crippen molar-refractivity contribution in [3.8, 4) is 0 Å². The molecule has 1 heterocycles. The summed E-state index contributed by atoms with van der Waals surface area (Å²) in [6.45, 7) is 6.46. The summed E-state index contributed by atoms with van der Waals surface area (Å²) in [5.74, 6) is -1.24. The first-order valence-corrected chi connectivity index (χ1v) is 11.2. The third-order valence-corrected chi connectivity index (χ3v) is 5.61. The second kappa shape index (κ2) is 12.4. The molecule has 2 N–H and O–H groups in total. The number of benzene rings is 1. The number of nitrogens with one attached hydrogen (secondary N) is 1. The third-order valence-electron chi connectivity index (χ3n) is 5.61. The van der Waals surface area contributed by atoms with Crippen LogP contribution in [0.1, 0.15) is 52.0 Å². The molecule has 0 saturated carbocycles. The van der Waals surface area contributed by atoms with E-state index in [9.17, 15) is 19.5 Å². The molecule has 2 amide bonds. The maximum Gasteiger partial charge on any atom is 0.306 e. The minimum absolute atomic E-state index is 0.0413. The number of esters is 1. The van der Waals surface area contributed by atoms with Crippen molar-refractivity contribution in [3.63, 3.8) is 0 Å². The predicted molar refractivity (Wildman–Crippen MR) is 122 cm³/mol. The molecule has 0 radical (unpaired) electrons.